The second-order valence-electron chi connectivity index (χ2n) is 5.68. The lowest BCUT2D eigenvalue weighted by molar-refractivity contribution is -0.131. The molecular weight excluding hydrogens is 264 g/mol. The first-order chi connectivity index (χ1) is 10.1. The summed E-state index contributed by atoms with van der Waals surface area (Å²) in [6, 6.07) is 4.09. The van der Waals surface area contributed by atoms with Gasteiger partial charge in [0.05, 0.1) is 0 Å². The van der Waals surface area contributed by atoms with Gasteiger partial charge in [-0.05, 0) is 37.8 Å². The molecule has 21 heavy (non-hydrogen) atoms. The van der Waals surface area contributed by atoms with Crippen LogP contribution in [0.2, 0.25) is 0 Å². The maximum atomic E-state index is 12.0. The lowest BCUT2D eigenvalue weighted by Gasteiger charge is -2.26. The van der Waals surface area contributed by atoms with E-state index in [0.717, 1.165) is 37.2 Å². The number of carbonyl (C=O) groups is 1. The van der Waals surface area contributed by atoms with E-state index in [4.69, 9.17) is 5.26 Å². The molecule has 5 nitrogen and oxygen atoms in total. The standard InChI is InChI=1S/C16H24N4O/c1-13-14(10-15(11-17)19(13)2)12-18-7-6-16(21)20-8-4-3-5-9-20/h10,18H,3-9,12H2,1-2H3. The molecule has 1 fully saturated rings. The summed E-state index contributed by atoms with van der Waals surface area (Å²) < 4.78 is 1.90. The third-order valence-corrected chi connectivity index (χ3v) is 4.29. The predicted octanol–water partition coefficient (Wildman–Crippen LogP) is 1.70. The van der Waals surface area contributed by atoms with Gasteiger partial charge in [-0.3, -0.25) is 4.79 Å². The van der Waals surface area contributed by atoms with E-state index >= 15 is 0 Å². The summed E-state index contributed by atoms with van der Waals surface area (Å²) in [6.07, 6.45) is 4.08. The Balaban J connectivity index is 1.75. The third-order valence-electron chi connectivity index (χ3n) is 4.29. The van der Waals surface area contributed by atoms with Gasteiger partial charge in [0.1, 0.15) is 11.8 Å². The molecule has 0 aromatic carbocycles. The van der Waals surface area contributed by atoms with Crippen LogP contribution in [0, 0.1) is 18.3 Å². The van der Waals surface area contributed by atoms with Gasteiger partial charge in [0.25, 0.3) is 0 Å². The number of hydrogen-bond donors (Lipinski definition) is 1. The molecule has 1 aromatic heterocycles. The van der Waals surface area contributed by atoms with Crippen molar-refractivity contribution >= 4 is 5.91 Å². The Morgan fingerprint density at radius 3 is 2.71 bits per heavy atom. The average Bonchev–Trinajstić information content (AvgIpc) is 2.80. The van der Waals surface area contributed by atoms with Crippen molar-refractivity contribution in [2.24, 2.45) is 7.05 Å². The number of likely N-dealkylation sites (tertiary alicyclic amines) is 1. The second kappa shape index (κ2) is 7.28. The minimum Gasteiger partial charge on any atom is -0.343 e. The third kappa shape index (κ3) is 3.85. The monoisotopic (exact) mass is 288 g/mol. The number of nitrogens with zero attached hydrogens (tertiary/aromatic N) is 3. The number of hydrogen-bond acceptors (Lipinski definition) is 3. The fourth-order valence-electron chi connectivity index (χ4n) is 2.77. The van der Waals surface area contributed by atoms with Crippen LogP contribution in [0.25, 0.3) is 0 Å². The van der Waals surface area contributed by atoms with Crippen molar-refractivity contribution in [3.05, 3.63) is 23.0 Å². The molecule has 5 heteroatoms. The molecule has 0 aliphatic carbocycles. The van der Waals surface area contributed by atoms with E-state index < -0.39 is 0 Å². The van der Waals surface area contributed by atoms with E-state index in [9.17, 15) is 4.79 Å². The number of rotatable bonds is 5. The molecule has 0 radical (unpaired) electrons. The largest absolute Gasteiger partial charge is 0.343 e. The zero-order valence-corrected chi connectivity index (χ0v) is 13.0. The van der Waals surface area contributed by atoms with Crippen molar-refractivity contribution in [1.29, 1.82) is 5.26 Å². The quantitative estimate of drug-likeness (QED) is 0.839. The molecule has 1 aliphatic heterocycles. The van der Waals surface area contributed by atoms with Gasteiger partial charge in [-0.15, -0.1) is 0 Å². The summed E-state index contributed by atoms with van der Waals surface area (Å²) in [6.45, 7) is 5.24. The van der Waals surface area contributed by atoms with E-state index in [-0.39, 0.29) is 5.91 Å². The lowest BCUT2D eigenvalue weighted by Crippen LogP contribution is -2.37. The van der Waals surface area contributed by atoms with Gasteiger partial charge in [0, 0.05) is 45.3 Å². The Bertz CT molecular complexity index is 535. The van der Waals surface area contributed by atoms with Crippen LogP contribution in [-0.4, -0.2) is 35.0 Å². The Kier molecular flexibility index (Phi) is 5.40. The van der Waals surface area contributed by atoms with Crippen LogP contribution in [0.5, 0.6) is 0 Å². The first kappa shape index (κ1) is 15.6. The van der Waals surface area contributed by atoms with Gasteiger partial charge in [-0.25, -0.2) is 0 Å². The predicted molar refractivity (Wildman–Crippen MR) is 81.6 cm³/mol. The molecular formula is C16H24N4O. The highest BCUT2D eigenvalue weighted by Gasteiger charge is 2.15. The van der Waals surface area contributed by atoms with Crippen LogP contribution >= 0.6 is 0 Å². The van der Waals surface area contributed by atoms with Crippen molar-refractivity contribution in [1.82, 2.24) is 14.8 Å². The highest BCUT2D eigenvalue weighted by atomic mass is 16.2. The molecule has 0 bridgehead atoms. The molecule has 2 heterocycles. The molecule has 2 rings (SSSR count). The van der Waals surface area contributed by atoms with E-state index in [1.807, 2.05) is 29.5 Å². The fraction of sp³-hybridized carbons (Fsp3) is 0.625. The SMILES string of the molecule is Cc1c(CNCCC(=O)N2CCCCC2)cc(C#N)n1C. The van der Waals surface area contributed by atoms with Crippen molar-refractivity contribution in [3.8, 4) is 6.07 Å². The summed E-state index contributed by atoms with van der Waals surface area (Å²) >= 11 is 0. The Hall–Kier alpha value is -1.80. The van der Waals surface area contributed by atoms with E-state index in [2.05, 4.69) is 11.4 Å². The molecule has 1 saturated heterocycles. The fourth-order valence-corrected chi connectivity index (χ4v) is 2.77. The van der Waals surface area contributed by atoms with E-state index in [1.165, 1.54) is 6.42 Å². The van der Waals surface area contributed by atoms with Crippen LogP contribution in [0.4, 0.5) is 0 Å². The average molecular weight is 288 g/mol. The molecule has 1 amide bonds. The van der Waals surface area contributed by atoms with Gasteiger partial charge < -0.3 is 14.8 Å². The van der Waals surface area contributed by atoms with Crippen LogP contribution in [0.3, 0.4) is 0 Å². The molecule has 1 N–H and O–H groups in total. The maximum absolute atomic E-state index is 12.0. The Morgan fingerprint density at radius 1 is 1.38 bits per heavy atom. The van der Waals surface area contributed by atoms with Gasteiger partial charge in [-0.2, -0.15) is 5.26 Å². The maximum Gasteiger partial charge on any atom is 0.223 e. The van der Waals surface area contributed by atoms with Gasteiger partial charge in [0.15, 0.2) is 0 Å². The normalized spacial score (nSPS) is 15.0. The summed E-state index contributed by atoms with van der Waals surface area (Å²) in [5.74, 6) is 0.254. The van der Waals surface area contributed by atoms with Crippen molar-refractivity contribution in [3.63, 3.8) is 0 Å². The number of aromatic nitrogens is 1. The minimum atomic E-state index is 0.254. The summed E-state index contributed by atoms with van der Waals surface area (Å²) in [4.78, 5) is 14.0. The molecule has 1 aliphatic rings. The van der Waals surface area contributed by atoms with Crippen LogP contribution in [0.15, 0.2) is 6.07 Å². The topological polar surface area (TPSA) is 61.1 Å². The number of nitriles is 1. The number of nitrogens with one attached hydrogen (secondary N) is 1. The molecule has 1 aromatic rings. The second-order valence-corrected chi connectivity index (χ2v) is 5.68. The summed E-state index contributed by atoms with van der Waals surface area (Å²) in [5, 5.41) is 12.3. The zero-order chi connectivity index (χ0) is 15.2. The molecule has 0 atom stereocenters. The minimum absolute atomic E-state index is 0.254. The Labute approximate surface area is 126 Å². The van der Waals surface area contributed by atoms with E-state index in [0.29, 0.717) is 25.2 Å². The highest BCUT2D eigenvalue weighted by Crippen LogP contribution is 2.13. The highest BCUT2D eigenvalue weighted by molar-refractivity contribution is 5.76. The molecule has 0 unspecified atom stereocenters. The molecule has 0 spiro atoms. The summed E-state index contributed by atoms with van der Waals surface area (Å²) in [5.41, 5.74) is 2.90. The first-order valence-corrected chi connectivity index (χ1v) is 7.67. The van der Waals surface area contributed by atoms with E-state index in [1.54, 1.807) is 0 Å². The van der Waals surface area contributed by atoms with Crippen molar-refractivity contribution in [2.45, 2.75) is 39.2 Å². The van der Waals surface area contributed by atoms with Gasteiger partial charge in [0.2, 0.25) is 5.91 Å². The molecule has 0 saturated carbocycles. The smallest absolute Gasteiger partial charge is 0.223 e. The first-order valence-electron chi connectivity index (χ1n) is 7.67. The van der Waals surface area contributed by atoms with Crippen LogP contribution in [0.1, 0.15) is 42.6 Å². The van der Waals surface area contributed by atoms with Crippen LogP contribution < -0.4 is 5.32 Å². The number of amides is 1. The van der Waals surface area contributed by atoms with Crippen molar-refractivity contribution < 1.29 is 4.79 Å². The molecule has 114 valence electrons. The van der Waals surface area contributed by atoms with Gasteiger partial charge in [-0.1, -0.05) is 0 Å². The Morgan fingerprint density at radius 2 is 2.10 bits per heavy atom. The van der Waals surface area contributed by atoms with Crippen molar-refractivity contribution in [2.75, 3.05) is 19.6 Å². The zero-order valence-electron chi connectivity index (χ0n) is 13.0. The van der Waals surface area contributed by atoms with Gasteiger partial charge >= 0.3 is 0 Å². The number of piperidine rings is 1. The number of carbonyl (C=O) groups excluding carboxylic acids is 1. The lowest BCUT2D eigenvalue weighted by atomic mass is 10.1. The summed E-state index contributed by atoms with van der Waals surface area (Å²) in [7, 11) is 1.90. The van der Waals surface area contributed by atoms with Crippen LogP contribution in [-0.2, 0) is 18.4 Å².